The van der Waals surface area contributed by atoms with Crippen LogP contribution in [0.15, 0.2) is 17.6 Å². The Bertz CT molecular complexity index is 560. The van der Waals surface area contributed by atoms with Crippen LogP contribution in [0, 0.1) is 0 Å². The number of rotatable bonds is 4. The van der Waals surface area contributed by atoms with Gasteiger partial charge in [-0.1, -0.05) is 12.2 Å². The van der Waals surface area contributed by atoms with E-state index in [9.17, 15) is 8.42 Å². The van der Waals surface area contributed by atoms with Gasteiger partial charge in [0.15, 0.2) is 5.03 Å². The molecule has 0 amide bonds. The lowest BCUT2D eigenvalue weighted by atomic mass is 10.3. The highest BCUT2D eigenvalue weighted by molar-refractivity contribution is 7.89. The molecule has 0 saturated carbocycles. The minimum absolute atomic E-state index is 0.0952. The maximum absolute atomic E-state index is 12.3. The maximum atomic E-state index is 12.3. The normalized spacial score (nSPS) is 18.6. The molecule has 2 rings (SSSR count). The number of piperazine rings is 1. The molecule has 1 fully saturated rings. The van der Waals surface area contributed by atoms with Gasteiger partial charge in [-0.15, -0.1) is 0 Å². The molecule has 0 radical (unpaired) electrons. The van der Waals surface area contributed by atoms with Crippen molar-refractivity contribution < 1.29 is 8.42 Å². The summed E-state index contributed by atoms with van der Waals surface area (Å²) in [6.07, 6.45) is 2.99. The molecule has 1 aromatic rings. The Balaban J connectivity index is 2.03. The number of aromatic nitrogens is 2. The fraction of sp³-hybridized carbons (Fsp3) is 0.600. The van der Waals surface area contributed by atoms with Crippen LogP contribution >= 0.6 is 12.2 Å². The van der Waals surface area contributed by atoms with E-state index in [-0.39, 0.29) is 5.03 Å². The lowest BCUT2D eigenvalue weighted by molar-refractivity contribution is 0.209. The molecule has 0 spiro atoms. The molecule has 0 aromatic carbocycles. The number of nitrogens with zero attached hydrogens (tertiary/aromatic N) is 4. The van der Waals surface area contributed by atoms with Gasteiger partial charge >= 0.3 is 0 Å². The highest BCUT2D eigenvalue weighted by Crippen LogP contribution is 2.15. The van der Waals surface area contributed by atoms with Crippen LogP contribution in [0.2, 0.25) is 0 Å². The molecule has 1 saturated heterocycles. The van der Waals surface area contributed by atoms with Crippen molar-refractivity contribution in [1.29, 1.82) is 0 Å². The van der Waals surface area contributed by atoms with E-state index in [1.54, 1.807) is 11.6 Å². The van der Waals surface area contributed by atoms with E-state index in [0.717, 1.165) is 0 Å². The molecule has 1 aliphatic rings. The Kier molecular flexibility index (Phi) is 4.19. The molecule has 1 aliphatic heterocycles. The highest BCUT2D eigenvalue weighted by atomic mass is 32.2. The summed E-state index contributed by atoms with van der Waals surface area (Å²) in [5.41, 5.74) is 5.48. The summed E-state index contributed by atoms with van der Waals surface area (Å²) in [5.74, 6) is 0. The average Bonchev–Trinajstić information content (AvgIpc) is 2.76. The predicted molar refractivity (Wildman–Crippen MR) is 75.2 cm³/mol. The number of thiocarbonyl (C=S) groups is 1. The summed E-state index contributed by atoms with van der Waals surface area (Å²) >= 11 is 4.85. The molecule has 0 atom stereocenters. The Morgan fingerprint density at radius 1 is 1.42 bits per heavy atom. The SMILES string of the molecule is Cn1cnc(S(=O)(=O)N2CCN(CC(N)=S)CC2)c1. The van der Waals surface area contributed by atoms with Gasteiger partial charge in [0.25, 0.3) is 10.0 Å². The monoisotopic (exact) mass is 303 g/mol. The zero-order valence-corrected chi connectivity index (χ0v) is 12.3. The van der Waals surface area contributed by atoms with Gasteiger partial charge in [0.05, 0.1) is 11.3 Å². The second-order valence-electron chi connectivity index (χ2n) is 4.52. The van der Waals surface area contributed by atoms with Crippen molar-refractivity contribution in [1.82, 2.24) is 18.8 Å². The molecular formula is C10H17N5O2S2. The van der Waals surface area contributed by atoms with Crippen LogP contribution in [0.3, 0.4) is 0 Å². The molecule has 0 unspecified atom stereocenters. The van der Waals surface area contributed by atoms with E-state index < -0.39 is 10.0 Å². The van der Waals surface area contributed by atoms with Crippen molar-refractivity contribution >= 4 is 27.2 Å². The number of sulfonamides is 1. The first-order valence-electron chi connectivity index (χ1n) is 5.88. The van der Waals surface area contributed by atoms with Crippen LogP contribution in [0.1, 0.15) is 0 Å². The van der Waals surface area contributed by atoms with Gasteiger partial charge in [-0.3, -0.25) is 4.90 Å². The van der Waals surface area contributed by atoms with E-state index in [1.807, 2.05) is 4.90 Å². The molecule has 0 aliphatic carbocycles. The maximum Gasteiger partial charge on any atom is 0.262 e. The summed E-state index contributed by atoms with van der Waals surface area (Å²) < 4.78 is 27.7. The first kappa shape index (κ1) is 14.4. The number of hydrogen-bond acceptors (Lipinski definition) is 5. The standard InChI is InChI=1S/C10H17N5O2S2/c1-13-7-10(12-8-13)19(16,17)15-4-2-14(3-5-15)6-9(11)18/h7-8H,2-6H2,1H3,(H2,11,18). The lowest BCUT2D eigenvalue weighted by Crippen LogP contribution is -2.50. The van der Waals surface area contributed by atoms with Crippen LogP contribution in [0.25, 0.3) is 0 Å². The van der Waals surface area contributed by atoms with Crippen LogP contribution < -0.4 is 5.73 Å². The largest absolute Gasteiger partial charge is 0.392 e. The number of nitrogens with two attached hydrogens (primary N) is 1. The summed E-state index contributed by atoms with van der Waals surface area (Å²) in [7, 11) is -1.74. The second-order valence-corrected chi connectivity index (χ2v) is 6.93. The first-order valence-corrected chi connectivity index (χ1v) is 7.73. The Morgan fingerprint density at radius 3 is 2.53 bits per heavy atom. The summed E-state index contributed by atoms with van der Waals surface area (Å²) in [4.78, 5) is 6.39. The highest BCUT2D eigenvalue weighted by Gasteiger charge is 2.30. The zero-order chi connectivity index (χ0) is 14.0. The lowest BCUT2D eigenvalue weighted by Gasteiger charge is -2.33. The Hall–Kier alpha value is -1.03. The number of imidazole rings is 1. The van der Waals surface area contributed by atoms with E-state index >= 15 is 0 Å². The predicted octanol–water partition coefficient (Wildman–Crippen LogP) is -0.987. The molecule has 19 heavy (non-hydrogen) atoms. The quantitative estimate of drug-likeness (QED) is 0.719. The summed E-state index contributed by atoms with van der Waals surface area (Å²) in [5, 5.41) is 0.0952. The Morgan fingerprint density at radius 2 is 2.05 bits per heavy atom. The van der Waals surface area contributed by atoms with Crippen LogP contribution in [0.4, 0.5) is 0 Å². The fourth-order valence-electron chi connectivity index (χ4n) is 2.00. The van der Waals surface area contributed by atoms with Crippen molar-refractivity contribution in [3.8, 4) is 0 Å². The molecule has 2 heterocycles. The third-order valence-corrected chi connectivity index (χ3v) is 4.91. The zero-order valence-electron chi connectivity index (χ0n) is 10.7. The average molecular weight is 303 g/mol. The molecule has 9 heteroatoms. The van der Waals surface area contributed by atoms with E-state index in [1.165, 1.54) is 16.8 Å². The van der Waals surface area contributed by atoms with Gasteiger partial charge in [0.1, 0.15) is 0 Å². The number of hydrogen-bond donors (Lipinski definition) is 1. The molecule has 106 valence electrons. The molecular weight excluding hydrogens is 286 g/mol. The molecule has 1 aromatic heterocycles. The molecule has 0 bridgehead atoms. The minimum Gasteiger partial charge on any atom is -0.392 e. The minimum atomic E-state index is -3.48. The van der Waals surface area contributed by atoms with Gasteiger partial charge in [0.2, 0.25) is 0 Å². The van der Waals surface area contributed by atoms with E-state index in [2.05, 4.69) is 4.98 Å². The van der Waals surface area contributed by atoms with Gasteiger partial charge in [-0.05, 0) is 0 Å². The van der Waals surface area contributed by atoms with Crippen molar-refractivity contribution in [3.63, 3.8) is 0 Å². The summed E-state index contributed by atoms with van der Waals surface area (Å²) in [6.45, 7) is 2.66. The van der Waals surface area contributed by atoms with Crippen molar-refractivity contribution in [2.45, 2.75) is 5.03 Å². The Labute approximate surface area is 118 Å². The van der Waals surface area contributed by atoms with Gasteiger partial charge in [-0.2, -0.15) is 4.31 Å². The topological polar surface area (TPSA) is 84.5 Å². The van der Waals surface area contributed by atoms with Crippen molar-refractivity contribution in [2.24, 2.45) is 12.8 Å². The van der Waals surface area contributed by atoms with E-state index in [0.29, 0.717) is 37.7 Å². The van der Waals surface area contributed by atoms with Crippen LogP contribution in [-0.4, -0.2) is 64.9 Å². The third-order valence-electron chi connectivity index (χ3n) is 3.00. The third kappa shape index (κ3) is 3.30. The van der Waals surface area contributed by atoms with Gasteiger partial charge in [0, 0.05) is 46.0 Å². The van der Waals surface area contributed by atoms with Gasteiger partial charge in [-0.25, -0.2) is 13.4 Å². The molecule has 2 N–H and O–H groups in total. The van der Waals surface area contributed by atoms with Gasteiger partial charge < -0.3 is 10.3 Å². The molecule has 7 nitrogen and oxygen atoms in total. The van der Waals surface area contributed by atoms with Crippen molar-refractivity contribution in [2.75, 3.05) is 32.7 Å². The second kappa shape index (κ2) is 5.53. The van der Waals surface area contributed by atoms with Crippen LogP contribution in [-0.2, 0) is 17.1 Å². The fourth-order valence-corrected chi connectivity index (χ4v) is 3.57. The smallest absolute Gasteiger partial charge is 0.262 e. The first-order chi connectivity index (χ1) is 8.89. The summed E-state index contributed by atoms with van der Waals surface area (Å²) in [6, 6.07) is 0. The van der Waals surface area contributed by atoms with Crippen molar-refractivity contribution in [3.05, 3.63) is 12.5 Å². The van der Waals surface area contributed by atoms with Crippen LogP contribution in [0.5, 0.6) is 0 Å². The number of aryl methyl sites for hydroxylation is 1. The van der Waals surface area contributed by atoms with E-state index in [4.69, 9.17) is 18.0 Å².